The lowest BCUT2D eigenvalue weighted by Crippen LogP contribution is -2.07. The number of hydrogen-bond acceptors (Lipinski definition) is 3. The molecule has 0 saturated heterocycles. The summed E-state index contributed by atoms with van der Waals surface area (Å²) in [6, 6.07) is 10.1. The normalized spacial score (nSPS) is 13.9. The van der Waals surface area contributed by atoms with Crippen molar-refractivity contribution in [3.63, 3.8) is 0 Å². The summed E-state index contributed by atoms with van der Waals surface area (Å²) in [6.07, 6.45) is 6.98. The van der Waals surface area contributed by atoms with Crippen LogP contribution in [0.1, 0.15) is 24.0 Å². The van der Waals surface area contributed by atoms with Crippen molar-refractivity contribution in [2.75, 3.05) is 11.9 Å². The molecular formula is C19H19ClN4. The Labute approximate surface area is 146 Å². The molecule has 0 aliphatic carbocycles. The van der Waals surface area contributed by atoms with E-state index in [1.807, 2.05) is 48.3 Å². The van der Waals surface area contributed by atoms with Crippen molar-refractivity contribution in [1.82, 2.24) is 14.8 Å². The highest BCUT2D eigenvalue weighted by Crippen LogP contribution is 2.34. The predicted molar refractivity (Wildman–Crippen MR) is 98.0 cm³/mol. The molecule has 2 aromatic heterocycles. The van der Waals surface area contributed by atoms with E-state index in [0.29, 0.717) is 0 Å². The lowest BCUT2D eigenvalue weighted by molar-refractivity contribution is 0.780. The third kappa shape index (κ3) is 2.67. The average molecular weight is 339 g/mol. The van der Waals surface area contributed by atoms with Crippen LogP contribution in [-0.2, 0) is 6.42 Å². The molecule has 1 aliphatic heterocycles. The van der Waals surface area contributed by atoms with Crippen LogP contribution < -0.4 is 5.32 Å². The Morgan fingerprint density at radius 1 is 1.12 bits per heavy atom. The fourth-order valence-corrected chi connectivity index (χ4v) is 3.32. The Kier molecular flexibility index (Phi) is 3.98. The molecule has 0 spiro atoms. The molecule has 5 heteroatoms. The third-order valence-corrected chi connectivity index (χ3v) is 4.89. The van der Waals surface area contributed by atoms with Crippen LogP contribution in [-0.4, -0.2) is 21.3 Å². The molecule has 4 rings (SSSR count). The van der Waals surface area contributed by atoms with Crippen LogP contribution in [0.15, 0.2) is 42.7 Å². The van der Waals surface area contributed by atoms with E-state index >= 15 is 0 Å². The SMILES string of the molecule is Cc1ccc(-n2nc(-c3ccncc3)c3c2NCCCC3)cc1Cl. The van der Waals surface area contributed by atoms with E-state index in [1.165, 1.54) is 18.4 Å². The number of pyridine rings is 1. The molecule has 24 heavy (non-hydrogen) atoms. The molecule has 0 radical (unpaired) electrons. The highest BCUT2D eigenvalue weighted by Gasteiger charge is 2.21. The first kappa shape index (κ1) is 15.2. The molecule has 1 N–H and O–H groups in total. The fourth-order valence-electron chi connectivity index (χ4n) is 3.14. The van der Waals surface area contributed by atoms with Crippen molar-refractivity contribution in [1.29, 1.82) is 0 Å². The van der Waals surface area contributed by atoms with Crippen LogP contribution in [0, 0.1) is 6.92 Å². The van der Waals surface area contributed by atoms with Gasteiger partial charge in [0.15, 0.2) is 0 Å². The number of nitrogens with one attached hydrogen (secondary N) is 1. The van der Waals surface area contributed by atoms with E-state index in [2.05, 4.69) is 16.4 Å². The van der Waals surface area contributed by atoms with Gasteiger partial charge in [-0.3, -0.25) is 4.98 Å². The lowest BCUT2D eigenvalue weighted by atomic mass is 10.0. The summed E-state index contributed by atoms with van der Waals surface area (Å²) < 4.78 is 1.99. The smallest absolute Gasteiger partial charge is 0.133 e. The maximum absolute atomic E-state index is 6.33. The number of nitrogens with zero attached hydrogens (tertiary/aromatic N) is 3. The number of fused-ring (bicyclic) bond motifs is 1. The number of anilines is 1. The van der Waals surface area contributed by atoms with E-state index in [0.717, 1.165) is 46.3 Å². The maximum Gasteiger partial charge on any atom is 0.133 e. The Balaban J connectivity index is 1.91. The minimum Gasteiger partial charge on any atom is -0.370 e. The number of aryl methyl sites for hydroxylation is 1. The van der Waals surface area contributed by atoms with Crippen molar-refractivity contribution < 1.29 is 0 Å². The van der Waals surface area contributed by atoms with Crippen LogP contribution >= 0.6 is 11.6 Å². The lowest BCUT2D eigenvalue weighted by Gasteiger charge is -2.10. The van der Waals surface area contributed by atoms with Crippen molar-refractivity contribution in [3.8, 4) is 16.9 Å². The van der Waals surface area contributed by atoms with Crippen LogP contribution in [0.3, 0.4) is 0 Å². The summed E-state index contributed by atoms with van der Waals surface area (Å²) in [5.41, 5.74) is 5.45. The zero-order chi connectivity index (χ0) is 16.5. The topological polar surface area (TPSA) is 42.7 Å². The van der Waals surface area contributed by atoms with Gasteiger partial charge in [-0.05, 0) is 56.0 Å². The molecule has 4 nitrogen and oxygen atoms in total. The molecule has 3 aromatic rings. The van der Waals surface area contributed by atoms with Gasteiger partial charge in [-0.15, -0.1) is 0 Å². The van der Waals surface area contributed by atoms with Gasteiger partial charge < -0.3 is 5.32 Å². The number of benzene rings is 1. The summed E-state index contributed by atoms with van der Waals surface area (Å²) in [5, 5.41) is 9.23. The highest BCUT2D eigenvalue weighted by molar-refractivity contribution is 6.31. The summed E-state index contributed by atoms with van der Waals surface area (Å²) >= 11 is 6.33. The standard InChI is InChI=1S/C19H19ClN4/c1-13-5-6-15(12-17(13)20)24-19-16(4-2-3-9-22-19)18(23-24)14-7-10-21-11-8-14/h5-8,10-12,22H,2-4,9H2,1H3. The Morgan fingerprint density at radius 3 is 2.75 bits per heavy atom. The second-order valence-electron chi connectivity index (χ2n) is 6.14. The average Bonchev–Trinajstić information content (AvgIpc) is 2.80. The molecule has 0 bridgehead atoms. The summed E-state index contributed by atoms with van der Waals surface area (Å²) in [5.74, 6) is 1.08. The van der Waals surface area contributed by atoms with E-state index < -0.39 is 0 Å². The monoisotopic (exact) mass is 338 g/mol. The second-order valence-corrected chi connectivity index (χ2v) is 6.55. The van der Waals surface area contributed by atoms with Gasteiger partial charge in [0.25, 0.3) is 0 Å². The predicted octanol–water partition coefficient (Wildman–Crippen LogP) is 4.64. The van der Waals surface area contributed by atoms with Gasteiger partial charge in [0.05, 0.1) is 11.4 Å². The van der Waals surface area contributed by atoms with Gasteiger partial charge in [0.2, 0.25) is 0 Å². The molecular weight excluding hydrogens is 320 g/mol. The molecule has 0 amide bonds. The second kappa shape index (κ2) is 6.29. The zero-order valence-corrected chi connectivity index (χ0v) is 14.3. The molecule has 1 aromatic carbocycles. The molecule has 0 unspecified atom stereocenters. The van der Waals surface area contributed by atoms with Crippen molar-refractivity contribution in [2.45, 2.75) is 26.2 Å². The van der Waals surface area contributed by atoms with E-state index in [9.17, 15) is 0 Å². The maximum atomic E-state index is 6.33. The molecule has 1 aliphatic rings. The fraction of sp³-hybridized carbons (Fsp3) is 0.263. The van der Waals surface area contributed by atoms with Gasteiger partial charge in [0.1, 0.15) is 5.82 Å². The van der Waals surface area contributed by atoms with E-state index in [1.54, 1.807) is 0 Å². The number of aromatic nitrogens is 3. The van der Waals surface area contributed by atoms with Gasteiger partial charge in [-0.25, -0.2) is 4.68 Å². The van der Waals surface area contributed by atoms with E-state index in [4.69, 9.17) is 16.7 Å². The number of hydrogen-bond donors (Lipinski definition) is 1. The van der Waals surface area contributed by atoms with Crippen LogP contribution in [0.5, 0.6) is 0 Å². The van der Waals surface area contributed by atoms with E-state index in [-0.39, 0.29) is 0 Å². The highest BCUT2D eigenvalue weighted by atomic mass is 35.5. The molecule has 3 heterocycles. The Morgan fingerprint density at radius 2 is 1.96 bits per heavy atom. The van der Waals surface area contributed by atoms with Gasteiger partial charge in [0, 0.05) is 35.1 Å². The molecule has 0 saturated carbocycles. The van der Waals surface area contributed by atoms with Gasteiger partial charge in [-0.1, -0.05) is 17.7 Å². The zero-order valence-electron chi connectivity index (χ0n) is 13.6. The van der Waals surface area contributed by atoms with Crippen LogP contribution in [0.4, 0.5) is 5.82 Å². The Bertz CT molecular complexity index is 871. The van der Waals surface area contributed by atoms with Crippen LogP contribution in [0.2, 0.25) is 5.02 Å². The first-order chi connectivity index (χ1) is 11.7. The van der Waals surface area contributed by atoms with Gasteiger partial charge >= 0.3 is 0 Å². The number of rotatable bonds is 2. The van der Waals surface area contributed by atoms with Crippen molar-refractivity contribution in [2.24, 2.45) is 0 Å². The van der Waals surface area contributed by atoms with Crippen molar-refractivity contribution in [3.05, 3.63) is 58.9 Å². The summed E-state index contributed by atoms with van der Waals surface area (Å²) in [7, 11) is 0. The Hall–Kier alpha value is -2.33. The summed E-state index contributed by atoms with van der Waals surface area (Å²) in [4.78, 5) is 4.12. The largest absolute Gasteiger partial charge is 0.370 e. The first-order valence-corrected chi connectivity index (χ1v) is 8.64. The number of halogens is 1. The van der Waals surface area contributed by atoms with Crippen LogP contribution in [0.25, 0.3) is 16.9 Å². The summed E-state index contributed by atoms with van der Waals surface area (Å²) in [6.45, 7) is 2.98. The van der Waals surface area contributed by atoms with Crippen molar-refractivity contribution >= 4 is 17.4 Å². The van der Waals surface area contributed by atoms with Gasteiger partial charge in [-0.2, -0.15) is 5.10 Å². The quantitative estimate of drug-likeness (QED) is 0.740. The first-order valence-electron chi connectivity index (χ1n) is 8.27. The minimum atomic E-state index is 0.760. The molecule has 122 valence electrons. The molecule has 0 fully saturated rings. The minimum absolute atomic E-state index is 0.760. The third-order valence-electron chi connectivity index (χ3n) is 4.48. The molecule has 0 atom stereocenters.